The van der Waals surface area contributed by atoms with E-state index in [1.807, 2.05) is 18.2 Å². The average molecular weight is 298 g/mol. The quantitative estimate of drug-likeness (QED) is 0.806. The predicted octanol–water partition coefficient (Wildman–Crippen LogP) is 4.61. The molecule has 0 fully saturated rings. The van der Waals surface area contributed by atoms with Gasteiger partial charge in [-0.15, -0.1) is 0 Å². The Bertz CT molecular complexity index is 608. The SMILES string of the molecule is CCc1cccc(C)c1NC(=S)NC(C)c1ccccc1. The lowest BCUT2D eigenvalue weighted by atomic mass is 10.1. The molecule has 0 aliphatic rings. The maximum atomic E-state index is 5.46. The van der Waals surface area contributed by atoms with Crippen molar-refractivity contribution >= 4 is 23.0 Å². The van der Waals surface area contributed by atoms with Crippen LogP contribution >= 0.6 is 12.2 Å². The first kappa shape index (κ1) is 15.5. The van der Waals surface area contributed by atoms with Gasteiger partial charge in [0.15, 0.2) is 5.11 Å². The predicted molar refractivity (Wildman–Crippen MR) is 94.8 cm³/mol. The summed E-state index contributed by atoms with van der Waals surface area (Å²) in [5.74, 6) is 0. The molecular weight excluding hydrogens is 276 g/mol. The van der Waals surface area contributed by atoms with Crippen molar-refractivity contribution in [2.45, 2.75) is 33.2 Å². The summed E-state index contributed by atoms with van der Waals surface area (Å²) in [6.07, 6.45) is 0.987. The minimum absolute atomic E-state index is 0.181. The molecule has 0 bridgehead atoms. The monoisotopic (exact) mass is 298 g/mol. The fraction of sp³-hybridized carbons (Fsp3) is 0.278. The smallest absolute Gasteiger partial charge is 0.171 e. The first-order valence-electron chi connectivity index (χ1n) is 7.32. The van der Waals surface area contributed by atoms with E-state index in [9.17, 15) is 0 Å². The van der Waals surface area contributed by atoms with Crippen molar-refractivity contribution in [2.24, 2.45) is 0 Å². The summed E-state index contributed by atoms with van der Waals surface area (Å²) in [6.45, 7) is 6.37. The summed E-state index contributed by atoms with van der Waals surface area (Å²) in [7, 11) is 0. The van der Waals surface area contributed by atoms with E-state index < -0.39 is 0 Å². The van der Waals surface area contributed by atoms with Gasteiger partial charge in [0.05, 0.1) is 6.04 Å². The van der Waals surface area contributed by atoms with E-state index in [4.69, 9.17) is 12.2 Å². The molecule has 0 saturated heterocycles. The fourth-order valence-corrected chi connectivity index (χ4v) is 2.65. The summed E-state index contributed by atoms with van der Waals surface area (Å²) in [5.41, 5.74) is 4.84. The third-order valence-corrected chi connectivity index (χ3v) is 3.85. The van der Waals surface area contributed by atoms with Crippen LogP contribution in [0.3, 0.4) is 0 Å². The number of thiocarbonyl (C=S) groups is 1. The van der Waals surface area contributed by atoms with E-state index in [1.54, 1.807) is 0 Å². The van der Waals surface area contributed by atoms with Crippen LogP contribution in [0.1, 0.15) is 36.6 Å². The Balaban J connectivity index is 2.06. The highest BCUT2D eigenvalue weighted by molar-refractivity contribution is 7.80. The molecule has 1 atom stereocenters. The van der Waals surface area contributed by atoms with Gasteiger partial charge < -0.3 is 10.6 Å². The van der Waals surface area contributed by atoms with E-state index in [0.717, 1.165) is 12.1 Å². The molecule has 2 N–H and O–H groups in total. The van der Waals surface area contributed by atoms with Crippen LogP contribution in [0.2, 0.25) is 0 Å². The Morgan fingerprint density at radius 3 is 2.48 bits per heavy atom. The number of hydrogen-bond donors (Lipinski definition) is 2. The molecule has 0 radical (unpaired) electrons. The molecule has 0 amide bonds. The minimum atomic E-state index is 0.181. The Labute approximate surface area is 132 Å². The van der Waals surface area contributed by atoms with Crippen LogP contribution in [0, 0.1) is 6.92 Å². The average Bonchev–Trinajstić information content (AvgIpc) is 2.50. The maximum absolute atomic E-state index is 5.46. The summed E-state index contributed by atoms with van der Waals surface area (Å²) in [6, 6.07) is 16.8. The lowest BCUT2D eigenvalue weighted by Gasteiger charge is -2.19. The van der Waals surface area contributed by atoms with Gasteiger partial charge in [-0.3, -0.25) is 0 Å². The summed E-state index contributed by atoms with van der Waals surface area (Å²) in [5, 5.41) is 7.36. The van der Waals surface area contributed by atoms with E-state index in [2.05, 4.69) is 61.7 Å². The molecule has 1 unspecified atom stereocenters. The van der Waals surface area contributed by atoms with Crippen LogP contribution in [-0.2, 0) is 6.42 Å². The molecule has 2 aromatic carbocycles. The zero-order valence-electron chi connectivity index (χ0n) is 12.8. The molecule has 0 spiro atoms. The maximum Gasteiger partial charge on any atom is 0.171 e. The van der Waals surface area contributed by atoms with Gasteiger partial charge in [0.25, 0.3) is 0 Å². The van der Waals surface area contributed by atoms with Crippen LogP contribution in [0.5, 0.6) is 0 Å². The lowest BCUT2D eigenvalue weighted by molar-refractivity contribution is 0.722. The topological polar surface area (TPSA) is 24.1 Å². The third kappa shape index (κ3) is 4.05. The van der Waals surface area contributed by atoms with Crippen molar-refractivity contribution in [3.8, 4) is 0 Å². The molecular formula is C18H22N2S. The second kappa shape index (κ2) is 7.23. The van der Waals surface area contributed by atoms with Crippen LogP contribution in [-0.4, -0.2) is 5.11 Å². The molecule has 0 aliphatic carbocycles. The molecule has 0 aliphatic heterocycles. The Kier molecular flexibility index (Phi) is 5.34. The number of para-hydroxylation sites is 1. The van der Waals surface area contributed by atoms with Gasteiger partial charge >= 0.3 is 0 Å². The summed E-state index contributed by atoms with van der Waals surface area (Å²) >= 11 is 5.46. The van der Waals surface area contributed by atoms with Crippen LogP contribution < -0.4 is 10.6 Å². The molecule has 3 heteroatoms. The molecule has 21 heavy (non-hydrogen) atoms. The van der Waals surface area contributed by atoms with Crippen LogP contribution in [0.4, 0.5) is 5.69 Å². The van der Waals surface area contributed by atoms with Gasteiger partial charge in [-0.05, 0) is 49.2 Å². The number of benzene rings is 2. The molecule has 0 saturated carbocycles. The highest BCUT2D eigenvalue weighted by atomic mass is 32.1. The Hall–Kier alpha value is -1.87. The molecule has 2 nitrogen and oxygen atoms in total. The lowest BCUT2D eigenvalue weighted by Crippen LogP contribution is -2.31. The zero-order valence-corrected chi connectivity index (χ0v) is 13.6. The first-order valence-corrected chi connectivity index (χ1v) is 7.73. The normalized spacial score (nSPS) is 11.8. The molecule has 0 aromatic heterocycles. The number of anilines is 1. The Morgan fingerprint density at radius 2 is 1.81 bits per heavy atom. The summed E-state index contributed by atoms with van der Waals surface area (Å²) < 4.78 is 0. The van der Waals surface area contributed by atoms with Crippen molar-refractivity contribution in [3.63, 3.8) is 0 Å². The van der Waals surface area contributed by atoms with Gasteiger partial charge in [0.2, 0.25) is 0 Å². The van der Waals surface area contributed by atoms with Gasteiger partial charge in [-0.2, -0.15) is 0 Å². The van der Waals surface area contributed by atoms with Crippen molar-refractivity contribution in [1.29, 1.82) is 0 Å². The highest BCUT2D eigenvalue weighted by Gasteiger charge is 2.09. The Morgan fingerprint density at radius 1 is 1.10 bits per heavy atom. The van der Waals surface area contributed by atoms with E-state index in [0.29, 0.717) is 5.11 Å². The van der Waals surface area contributed by atoms with E-state index >= 15 is 0 Å². The standard InChI is InChI=1S/C18H22N2S/c1-4-15-12-8-9-13(2)17(15)20-18(21)19-14(3)16-10-6-5-7-11-16/h5-12,14H,4H2,1-3H3,(H2,19,20,21). The van der Waals surface area contributed by atoms with E-state index in [1.165, 1.54) is 16.7 Å². The molecule has 2 rings (SSSR count). The van der Waals surface area contributed by atoms with Crippen LogP contribution in [0.25, 0.3) is 0 Å². The number of aryl methyl sites for hydroxylation is 2. The van der Waals surface area contributed by atoms with Gasteiger partial charge in [-0.25, -0.2) is 0 Å². The zero-order chi connectivity index (χ0) is 15.2. The molecule has 110 valence electrons. The molecule has 0 heterocycles. The summed E-state index contributed by atoms with van der Waals surface area (Å²) in [4.78, 5) is 0. The molecule has 2 aromatic rings. The second-order valence-electron chi connectivity index (χ2n) is 5.19. The van der Waals surface area contributed by atoms with Crippen molar-refractivity contribution in [1.82, 2.24) is 5.32 Å². The minimum Gasteiger partial charge on any atom is -0.356 e. The van der Waals surface area contributed by atoms with Crippen LogP contribution in [0.15, 0.2) is 48.5 Å². The van der Waals surface area contributed by atoms with Crippen molar-refractivity contribution < 1.29 is 0 Å². The first-order chi connectivity index (χ1) is 10.1. The van der Waals surface area contributed by atoms with E-state index in [-0.39, 0.29) is 6.04 Å². The highest BCUT2D eigenvalue weighted by Crippen LogP contribution is 2.21. The van der Waals surface area contributed by atoms with Gasteiger partial charge in [0, 0.05) is 5.69 Å². The number of nitrogens with one attached hydrogen (secondary N) is 2. The van der Waals surface area contributed by atoms with Gasteiger partial charge in [-0.1, -0.05) is 55.5 Å². The fourth-order valence-electron chi connectivity index (χ4n) is 2.37. The largest absolute Gasteiger partial charge is 0.356 e. The third-order valence-electron chi connectivity index (χ3n) is 3.63. The number of hydrogen-bond acceptors (Lipinski definition) is 1. The number of rotatable bonds is 4. The van der Waals surface area contributed by atoms with Gasteiger partial charge in [0.1, 0.15) is 0 Å². The van der Waals surface area contributed by atoms with Crippen molar-refractivity contribution in [2.75, 3.05) is 5.32 Å². The van der Waals surface area contributed by atoms with Crippen molar-refractivity contribution in [3.05, 3.63) is 65.2 Å². The second-order valence-corrected chi connectivity index (χ2v) is 5.60.